The van der Waals surface area contributed by atoms with E-state index < -0.39 is 12.1 Å². The maximum absolute atomic E-state index is 12.3. The van der Waals surface area contributed by atoms with E-state index in [2.05, 4.69) is 10.3 Å². The van der Waals surface area contributed by atoms with Gasteiger partial charge in [0.25, 0.3) is 5.91 Å². The molecule has 1 aromatic carbocycles. The van der Waals surface area contributed by atoms with Crippen LogP contribution in [0.15, 0.2) is 48.8 Å². The predicted octanol–water partition coefficient (Wildman–Crippen LogP) is 2.04. The van der Waals surface area contributed by atoms with Crippen molar-refractivity contribution in [1.29, 1.82) is 0 Å². The van der Waals surface area contributed by atoms with Gasteiger partial charge in [-0.1, -0.05) is 18.2 Å². The van der Waals surface area contributed by atoms with Crippen LogP contribution in [-0.2, 0) is 16.0 Å². The Balaban J connectivity index is 1.70. The fourth-order valence-electron chi connectivity index (χ4n) is 2.52. The zero-order chi connectivity index (χ0) is 15.5. The molecule has 22 heavy (non-hydrogen) atoms. The Bertz CT molecular complexity index is 700. The largest absolute Gasteiger partial charge is 0.448 e. The highest BCUT2D eigenvalue weighted by molar-refractivity contribution is 5.95. The van der Waals surface area contributed by atoms with Gasteiger partial charge in [-0.25, -0.2) is 4.79 Å². The molecule has 5 heteroatoms. The SMILES string of the molecule is C[C@@H](NC(=O)[C@@H]1Cc2ccccc2C(=O)O1)c1ccncc1. The fraction of sp³-hybridized carbons (Fsp3) is 0.235. The average molecular weight is 296 g/mol. The number of carbonyl (C=O) groups is 2. The number of hydrogen-bond acceptors (Lipinski definition) is 4. The molecule has 1 aliphatic heterocycles. The molecule has 2 heterocycles. The molecule has 1 N–H and O–H groups in total. The quantitative estimate of drug-likeness (QED) is 0.880. The fourth-order valence-corrected chi connectivity index (χ4v) is 2.52. The number of carbonyl (C=O) groups excluding carboxylic acids is 2. The van der Waals surface area contributed by atoms with Crippen LogP contribution in [0.25, 0.3) is 0 Å². The van der Waals surface area contributed by atoms with Gasteiger partial charge < -0.3 is 10.1 Å². The summed E-state index contributed by atoms with van der Waals surface area (Å²) in [6.45, 7) is 1.88. The van der Waals surface area contributed by atoms with Gasteiger partial charge >= 0.3 is 5.97 Å². The van der Waals surface area contributed by atoms with E-state index in [-0.39, 0.29) is 11.9 Å². The van der Waals surface area contributed by atoms with Gasteiger partial charge in [-0.2, -0.15) is 0 Å². The lowest BCUT2D eigenvalue weighted by Crippen LogP contribution is -2.42. The molecule has 3 rings (SSSR count). The van der Waals surface area contributed by atoms with E-state index in [9.17, 15) is 9.59 Å². The van der Waals surface area contributed by atoms with Crippen LogP contribution >= 0.6 is 0 Å². The second-order valence-corrected chi connectivity index (χ2v) is 5.27. The zero-order valence-corrected chi connectivity index (χ0v) is 12.2. The van der Waals surface area contributed by atoms with Crippen molar-refractivity contribution in [2.24, 2.45) is 0 Å². The number of amides is 1. The summed E-state index contributed by atoms with van der Waals surface area (Å²) in [5.74, 6) is -0.731. The van der Waals surface area contributed by atoms with Crippen molar-refractivity contribution in [1.82, 2.24) is 10.3 Å². The number of hydrogen-bond donors (Lipinski definition) is 1. The Morgan fingerprint density at radius 1 is 1.27 bits per heavy atom. The van der Waals surface area contributed by atoms with Crippen molar-refractivity contribution in [3.63, 3.8) is 0 Å². The molecule has 0 bridgehead atoms. The summed E-state index contributed by atoms with van der Waals surface area (Å²) in [4.78, 5) is 28.2. The van der Waals surface area contributed by atoms with E-state index in [1.807, 2.05) is 31.2 Å². The molecule has 1 aromatic heterocycles. The number of pyridine rings is 1. The molecule has 0 aliphatic carbocycles. The van der Waals surface area contributed by atoms with Crippen LogP contribution in [0.3, 0.4) is 0 Å². The Morgan fingerprint density at radius 2 is 2.00 bits per heavy atom. The Hall–Kier alpha value is -2.69. The molecule has 112 valence electrons. The molecule has 0 fully saturated rings. The number of aromatic nitrogens is 1. The lowest BCUT2D eigenvalue weighted by atomic mass is 9.98. The molecule has 5 nitrogen and oxygen atoms in total. The first-order chi connectivity index (χ1) is 10.6. The molecule has 0 saturated heterocycles. The minimum Gasteiger partial charge on any atom is -0.448 e. The van der Waals surface area contributed by atoms with Gasteiger partial charge in [0.1, 0.15) is 0 Å². The maximum Gasteiger partial charge on any atom is 0.339 e. The molecule has 2 aromatic rings. The first-order valence-electron chi connectivity index (χ1n) is 7.14. The van der Waals surface area contributed by atoms with E-state index in [0.29, 0.717) is 12.0 Å². The van der Waals surface area contributed by atoms with Gasteiger partial charge in [-0.3, -0.25) is 9.78 Å². The molecule has 1 aliphatic rings. The zero-order valence-electron chi connectivity index (χ0n) is 12.2. The van der Waals surface area contributed by atoms with E-state index in [4.69, 9.17) is 4.74 Å². The highest BCUT2D eigenvalue weighted by Crippen LogP contribution is 2.21. The van der Waals surface area contributed by atoms with E-state index in [0.717, 1.165) is 11.1 Å². The minimum absolute atomic E-state index is 0.175. The number of esters is 1. The highest BCUT2D eigenvalue weighted by atomic mass is 16.5. The van der Waals surface area contributed by atoms with Crippen LogP contribution in [0.5, 0.6) is 0 Å². The summed E-state index contributed by atoms with van der Waals surface area (Å²) in [6.07, 6.45) is 2.97. The summed E-state index contributed by atoms with van der Waals surface area (Å²) in [5, 5.41) is 2.87. The van der Waals surface area contributed by atoms with Crippen molar-refractivity contribution in [3.05, 3.63) is 65.5 Å². The molecular formula is C17H16N2O3. The molecule has 0 saturated carbocycles. The Kier molecular flexibility index (Phi) is 3.87. The summed E-state index contributed by atoms with van der Waals surface area (Å²) in [6, 6.07) is 10.7. The standard InChI is InChI=1S/C17H16N2O3/c1-11(12-6-8-18-9-7-12)19-16(20)15-10-13-4-2-3-5-14(13)17(21)22-15/h2-9,11,15H,10H2,1H3,(H,19,20)/t11-,15+/m1/s1. The number of benzene rings is 1. The lowest BCUT2D eigenvalue weighted by Gasteiger charge is -2.25. The van der Waals surface area contributed by atoms with Crippen molar-refractivity contribution in [3.8, 4) is 0 Å². The number of ether oxygens (including phenoxy) is 1. The Morgan fingerprint density at radius 3 is 2.77 bits per heavy atom. The van der Waals surface area contributed by atoms with Crippen LogP contribution in [0.2, 0.25) is 0 Å². The monoisotopic (exact) mass is 296 g/mol. The number of fused-ring (bicyclic) bond motifs is 1. The third kappa shape index (κ3) is 2.83. The minimum atomic E-state index is -0.785. The molecule has 2 atom stereocenters. The summed E-state index contributed by atoms with van der Waals surface area (Å²) < 4.78 is 5.25. The first-order valence-corrected chi connectivity index (χ1v) is 7.14. The number of rotatable bonds is 3. The number of cyclic esters (lactones) is 1. The van der Waals surface area contributed by atoms with Crippen LogP contribution in [-0.4, -0.2) is 23.0 Å². The van der Waals surface area contributed by atoms with Gasteiger partial charge in [0.2, 0.25) is 0 Å². The number of nitrogens with zero attached hydrogens (tertiary/aromatic N) is 1. The average Bonchev–Trinajstić information content (AvgIpc) is 2.55. The van der Waals surface area contributed by atoms with Crippen molar-refractivity contribution >= 4 is 11.9 Å². The molecular weight excluding hydrogens is 280 g/mol. The molecule has 1 amide bonds. The number of nitrogens with one attached hydrogen (secondary N) is 1. The second-order valence-electron chi connectivity index (χ2n) is 5.27. The summed E-state index contributed by atoms with van der Waals surface area (Å²) in [7, 11) is 0. The topological polar surface area (TPSA) is 68.3 Å². The van der Waals surface area contributed by atoms with Crippen LogP contribution in [0.1, 0.15) is 34.5 Å². The Labute approximate surface area is 128 Å². The third-order valence-corrected chi connectivity index (χ3v) is 3.75. The van der Waals surface area contributed by atoms with Gasteiger partial charge in [0.15, 0.2) is 6.10 Å². The third-order valence-electron chi connectivity index (χ3n) is 3.75. The summed E-state index contributed by atoms with van der Waals surface area (Å²) in [5.41, 5.74) is 2.33. The van der Waals surface area contributed by atoms with E-state index in [1.54, 1.807) is 24.5 Å². The second kappa shape index (κ2) is 5.97. The predicted molar refractivity (Wildman–Crippen MR) is 80.1 cm³/mol. The van der Waals surface area contributed by atoms with Gasteiger partial charge in [0, 0.05) is 18.8 Å². The van der Waals surface area contributed by atoms with Crippen LogP contribution in [0, 0.1) is 0 Å². The molecule has 0 unspecified atom stereocenters. The smallest absolute Gasteiger partial charge is 0.339 e. The molecule has 0 spiro atoms. The first kappa shape index (κ1) is 14.3. The van der Waals surface area contributed by atoms with Gasteiger partial charge in [-0.05, 0) is 36.2 Å². The van der Waals surface area contributed by atoms with Crippen molar-refractivity contribution < 1.29 is 14.3 Å². The highest BCUT2D eigenvalue weighted by Gasteiger charge is 2.31. The van der Waals surface area contributed by atoms with Gasteiger partial charge in [0.05, 0.1) is 11.6 Å². The van der Waals surface area contributed by atoms with E-state index >= 15 is 0 Å². The van der Waals surface area contributed by atoms with Crippen molar-refractivity contribution in [2.45, 2.75) is 25.5 Å². The van der Waals surface area contributed by atoms with Gasteiger partial charge in [-0.15, -0.1) is 0 Å². The van der Waals surface area contributed by atoms with Crippen LogP contribution in [0.4, 0.5) is 0 Å². The normalized spacial score (nSPS) is 18.0. The molecule has 0 radical (unpaired) electrons. The lowest BCUT2D eigenvalue weighted by molar-refractivity contribution is -0.131. The summed E-state index contributed by atoms with van der Waals surface area (Å²) >= 11 is 0. The van der Waals surface area contributed by atoms with Crippen molar-refractivity contribution in [2.75, 3.05) is 0 Å². The maximum atomic E-state index is 12.3. The van der Waals surface area contributed by atoms with E-state index in [1.165, 1.54) is 0 Å². The van der Waals surface area contributed by atoms with Crippen LogP contribution < -0.4 is 5.32 Å².